The summed E-state index contributed by atoms with van der Waals surface area (Å²) in [6, 6.07) is 16.6. The van der Waals surface area contributed by atoms with Crippen LogP contribution in [-0.4, -0.2) is 5.91 Å². The summed E-state index contributed by atoms with van der Waals surface area (Å²) in [5.41, 5.74) is 2.08. The van der Waals surface area contributed by atoms with Gasteiger partial charge in [-0.15, -0.1) is 0 Å². The highest BCUT2D eigenvalue weighted by molar-refractivity contribution is 5.90. The van der Waals surface area contributed by atoms with Crippen LogP contribution in [0.3, 0.4) is 0 Å². The van der Waals surface area contributed by atoms with Gasteiger partial charge in [-0.3, -0.25) is 4.79 Å². The second-order valence-corrected chi connectivity index (χ2v) is 6.39. The van der Waals surface area contributed by atoms with E-state index in [1.54, 1.807) is 12.1 Å². The molecule has 0 heterocycles. The number of hydrogen-bond donors (Lipinski definition) is 1. The lowest BCUT2D eigenvalue weighted by Gasteiger charge is -2.28. The average molecular weight is 311 g/mol. The van der Waals surface area contributed by atoms with Crippen molar-refractivity contribution in [3.63, 3.8) is 0 Å². The van der Waals surface area contributed by atoms with E-state index in [0.29, 0.717) is 23.9 Å². The molecule has 0 unspecified atom stereocenters. The van der Waals surface area contributed by atoms with Crippen LogP contribution in [0.1, 0.15) is 43.6 Å². The van der Waals surface area contributed by atoms with Crippen molar-refractivity contribution in [2.45, 2.75) is 38.0 Å². The van der Waals surface area contributed by atoms with Gasteiger partial charge in [0.25, 0.3) is 0 Å². The van der Waals surface area contributed by atoms with Crippen LogP contribution in [0.2, 0.25) is 0 Å². The summed E-state index contributed by atoms with van der Waals surface area (Å²) in [6.45, 7) is 0. The van der Waals surface area contributed by atoms with Crippen LogP contribution in [0.25, 0.3) is 0 Å². The van der Waals surface area contributed by atoms with Crippen LogP contribution in [0.5, 0.6) is 0 Å². The summed E-state index contributed by atoms with van der Waals surface area (Å²) in [7, 11) is 0. The lowest BCUT2D eigenvalue weighted by molar-refractivity contribution is -0.117. The van der Waals surface area contributed by atoms with Crippen molar-refractivity contribution < 1.29 is 9.18 Å². The lowest BCUT2D eigenvalue weighted by atomic mass is 9.77. The van der Waals surface area contributed by atoms with Gasteiger partial charge < -0.3 is 5.32 Å². The molecule has 2 nitrogen and oxygen atoms in total. The minimum Gasteiger partial charge on any atom is -0.326 e. The van der Waals surface area contributed by atoms with Crippen molar-refractivity contribution in [2.24, 2.45) is 5.92 Å². The average Bonchev–Trinajstić information content (AvgIpc) is 2.58. The summed E-state index contributed by atoms with van der Waals surface area (Å²) in [4.78, 5) is 12.1. The van der Waals surface area contributed by atoms with Crippen LogP contribution in [0.15, 0.2) is 54.6 Å². The maximum atomic E-state index is 12.9. The Hall–Kier alpha value is -2.16. The van der Waals surface area contributed by atoms with Gasteiger partial charge in [-0.05, 0) is 67.3 Å². The molecule has 1 aliphatic rings. The fourth-order valence-corrected chi connectivity index (χ4v) is 3.43. The van der Waals surface area contributed by atoms with Crippen molar-refractivity contribution in [1.82, 2.24) is 0 Å². The van der Waals surface area contributed by atoms with E-state index < -0.39 is 0 Å². The van der Waals surface area contributed by atoms with Crippen molar-refractivity contribution in [1.29, 1.82) is 0 Å². The number of anilines is 1. The number of rotatable bonds is 4. The van der Waals surface area contributed by atoms with Crippen LogP contribution in [0.4, 0.5) is 10.1 Å². The number of amides is 1. The van der Waals surface area contributed by atoms with E-state index in [2.05, 4.69) is 35.6 Å². The zero-order valence-corrected chi connectivity index (χ0v) is 13.2. The van der Waals surface area contributed by atoms with Crippen molar-refractivity contribution in [3.8, 4) is 0 Å². The third-order valence-corrected chi connectivity index (χ3v) is 4.72. The van der Waals surface area contributed by atoms with Crippen LogP contribution in [-0.2, 0) is 4.79 Å². The van der Waals surface area contributed by atoms with Gasteiger partial charge >= 0.3 is 0 Å². The Labute approximate surface area is 136 Å². The number of nitrogens with one attached hydrogen (secondary N) is 1. The van der Waals surface area contributed by atoms with E-state index in [9.17, 15) is 9.18 Å². The first-order chi connectivity index (χ1) is 11.2. The molecule has 0 bridgehead atoms. The molecule has 1 aliphatic carbocycles. The van der Waals surface area contributed by atoms with Crippen molar-refractivity contribution in [3.05, 3.63) is 66.0 Å². The highest BCUT2D eigenvalue weighted by Crippen LogP contribution is 2.37. The zero-order chi connectivity index (χ0) is 16.1. The molecule has 0 radical (unpaired) electrons. The van der Waals surface area contributed by atoms with Gasteiger partial charge in [-0.25, -0.2) is 4.39 Å². The molecule has 0 spiro atoms. The summed E-state index contributed by atoms with van der Waals surface area (Å²) in [5.74, 6) is 0.824. The molecular weight excluding hydrogens is 289 g/mol. The molecule has 3 heteroatoms. The maximum absolute atomic E-state index is 12.9. The van der Waals surface area contributed by atoms with E-state index >= 15 is 0 Å². The quantitative estimate of drug-likeness (QED) is 0.833. The third kappa shape index (κ3) is 4.41. The number of carbonyl (C=O) groups is 1. The molecule has 0 aliphatic heterocycles. The van der Waals surface area contributed by atoms with Gasteiger partial charge in [0.05, 0.1) is 0 Å². The summed E-state index contributed by atoms with van der Waals surface area (Å²) in [5, 5.41) is 2.85. The first kappa shape index (κ1) is 15.7. The molecule has 23 heavy (non-hydrogen) atoms. The Balaban J connectivity index is 1.47. The van der Waals surface area contributed by atoms with Crippen molar-refractivity contribution in [2.75, 3.05) is 5.32 Å². The molecule has 120 valence electrons. The second-order valence-electron chi connectivity index (χ2n) is 6.39. The Morgan fingerprint density at radius 1 is 0.957 bits per heavy atom. The molecule has 0 atom stereocenters. The number of halogens is 1. The Bertz CT molecular complexity index is 630. The normalized spacial score (nSPS) is 20.9. The largest absolute Gasteiger partial charge is 0.326 e. The van der Waals surface area contributed by atoms with Crippen LogP contribution < -0.4 is 5.32 Å². The first-order valence-corrected chi connectivity index (χ1v) is 8.31. The third-order valence-electron chi connectivity index (χ3n) is 4.72. The summed E-state index contributed by atoms with van der Waals surface area (Å²) in [6.07, 6.45) is 5.04. The fourth-order valence-electron chi connectivity index (χ4n) is 3.43. The van der Waals surface area contributed by atoms with Gasteiger partial charge in [-0.1, -0.05) is 30.3 Å². The van der Waals surface area contributed by atoms with Gasteiger partial charge in [0.1, 0.15) is 5.82 Å². The van der Waals surface area contributed by atoms with E-state index in [0.717, 1.165) is 25.7 Å². The van der Waals surface area contributed by atoms with E-state index in [1.807, 2.05) is 0 Å². The van der Waals surface area contributed by atoms with Crippen LogP contribution >= 0.6 is 0 Å². The topological polar surface area (TPSA) is 29.1 Å². The fraction of sp³-hybridized carbons (Fsp3) is 0.350. The van der Waals surface area contributed by atoms with E-state index in [-0.39, 0.29) is 11.7 Å². The minimum atomic E-state index is -0.290. The zero-order valence-electron chi connectivity index (χ0n) is 13.2. The van der Waals surface area contributed by atoms with Gasteiger partial charge in [-0.2, -0.15) is 0 Å². The van der Waals surface area contributed by atoms with E-state index in [1.165, 1.54) is 17.7 Å². The molecule has 1 saturated carbocycles. The molecule has 1 N–H and O–H groups in total. The molecule has 3 rings (SSSR count). The maximum Gasteiger partial charge on any atom is 0.224 e. The Morgan fingerprint density at radius 2 is 1.61 bits per heavy atom. The molecule has 1 amide bonds. The molecular formula is C20H22FNO. The molecule has 1 fully saturated rings. The van der Waals surface area contributed by atoms with E-state index in [4.69, 9.17) is 0 Å². The predicted octanol–water partition coefficient (Wildman–Crippen LogP) is 5.13. The molecule has 2 aromatic rings. The summed E-state index contributed by atoms with van der Waals surface area (Å²) >= 11 is 0. The van der Waals surface area contributed by atoms with Crippen LogP contribution in [0, 0.1) is 11.7 Å². The van der Waals surface area contributed by atoms with Crippen molar-refractivity contribution >= 4 is 11.6 Å². The molecule has 0 aromatic heterocycles. The SMILES string of the molecule is O=C(CC1CCC(c2ccccc2)CC1)Nc1ccc(F)cc1. The monoisotopic (exact) mass is 311 g/mol. The van der Waals surface area contributed by atoms with Gasteiger partial charge in [0, 0.05) is 12.1 Å². The second kappa shape index (κ2) is 7.40. The molecule has 0 saturated heterocycles. The number of hydrogen-bond acceptors (Lipinski definition) is 1. The highest BCUT2D eigenvalue weighted by Gasteiger charge is 2.23. The predicted molar refractivity (Wildman–Crippen MR) is 90.8 cm³/mol. The molecule has 2 aromatic carbocycles. The number of carbonyl (C=O) groups excluding carboxylic acids is 1. The number of benzene rings is 2. The Kier molecular flexibility index (Phi) is 5.06. The smallest absolute Gasteiger partial charge is 0.224 e. The first-order valence-electron chi connectivity index (χ1n) is 8.31. The van der Waals surface area contributed by atoms with Gasteiger partial charge in [0.15, 0.2) is 0 Å². The van der Waals surface area contributed by atoms with Gasteiger partial charge in [0.2, 0.25) is 5.91 Å². The Morgan fingerprint density at radius 3 is 2.26 bits per heavy atom. The summed E-state index contributed by atoms with van der Waals surface area (Å²) < 4.78 is 12.9. The highest BCUT2D eigenvalue weighted by atomic mass is 19.1. The minimum absolute atomic E-state index is 0.0276. The standard InChI is InChI=1S/C20H22FNO/c21-18-10-12-19(13-11-18)22-20(23)14-15-6-8-17(9-7-15)16-4-2-1-3-5-16/h1-5,10-13,15,17H,6-9,14H2,(H,22,23). The lowest BCUT2D eigenvalue weighted by Crippen LogP contribution is -2.20.